The summed E-state index contributed by atoms with van der Waals surface area (Å²) in [5.74, 6) is -0.211. The highest BCUT2D eigenvalue weighted by molar-refractivity contribution is 9.10. The number of hydrazone groups is 1. The van der Waals surface area contributed by atoms with Crippen LogP contribution in [0.3, 0.4) is 0 Å². The molecule has 148 valence electrons. The molecule has 1 saturated heterocycles. The van der Waals surface area contributed by atoms with E-state index in [4.69, 9.17) is 4.74 Å². The first-order valence-corrected chi connectivity index (χ1v) is 9.87. The first-order valence-electron chi connectivity index (χ1n) is 9.07. The molecule has 2 aliphatic rings. The number of Topliss-reactive ketones (excluding diaryl/α,β-unsaturated/α-hetero) is 1. The van der Waals surface area contributed by atoms with E-state index in [0.29, 0.717) is 11.3 Å². The molecule has 1 fully saturated rings. The second kappa shape index (κ2) is 7.79. The van der Waals surface area contributed by atoms with Crippen molar-refractivity contribution < 1.29 is 14.5 Å². The van der Waals surface area contributed by atoms with E-state index in [1.807, 2.05) is 24.3 Å². The van der Waals surface area contributed by atoms with E-state index in [2.05, 4.69) is 21.0 Å². The third-order valence-corrected chi connectivity index (χ3v) is 5.91. The number of carbonyl (C=O) groups is 1. The molecule has 2 heterocycles. The fraction of sp³-hybridized carbons (Fsp3) is 0.238. The van der Waals surface area contributed by atoms with Crippen LogP contribution in [0, 0.1) is 10.1 Å². The molecular weight excluding hydrogens is 438 g/mol. The first kappa shape index (κ1) is 19.3. The number of rotatable bonds is 5. The number of halogens is 1. The summed E-state index contributed by atoms with van der Waals surface area (Å²) in [6.07, 6.45) is 5.00. The van der Waals surface area contributed by atoms with Gasteiger partial charge in [-0.25, -0.2) is 0 Å². The van der Waals surface area contributed by atoms with E-state index in [9.17, 15) is 14.9 Å². The number of benzene rings is 2. The summed E-state index contributed by atoms with van der Waals surface area (Å²) in [5, 5.41) is 18.0. The molecule has 2 aromatic rings. The van der Waals surface area contributed by atoms with Crippen LogP contribution in [0.15, 0.2) is 70.3 Å². The van der Waals surface area contributed by atoms with Crippen LogP contribution >= 0.6 is 15.9 Å². The summed E-state index contributed by atoms with van der Waals surface area (Å²) in [6, 6.07) is 11.7. The van der Waals surface area contributed by atoms with E-state index < -0.39 is 24.0 Å². The van der Waals surface area contributed by atoms with E-state index in [-0.39, 0.29) is 10.7 Å². The van der Waals surface area contributed by atoms with Gasteiger partial charge in [-0.05, 0) is 48.0 Å². The van der Waals surface area contributed by atoms with E-state index in [1.54, 1.807) is 54.8 Å². The molecule has 4 atom stereocenters. The lowest BCUT2D eigenvalue weighted by Gasteiger charge is -2.27. The third kappa shape index (κ3) is 3.44. The van der Waals surface area contributed by atoms with Crippen molar-refractivity contribution in [3.8, 4) is 5.75 Å². The van der Waals surface area contributed by atoms with Gasteiger partial charge in [-0.3, -0.25) is 19.9 Å². The number of ketones is 1. The molecule has 2 aromatic carbocycles. The molecule has 0 amide bonds. The Kier molecular flexibility index (Phi) is 5.19. The third-order valence-electron chi connectivity index (χ3n) is 5.38. The molecular formula is C21H18BrN3O4. The van der Waals surface area contributed by atoms with E-state index >= 15 is 0 Å². The van der Waals surface area contributed by atoms with Crippen LogP contribution in [-0.4, -0.2) is 47.2 Å². The average molecular weight is 456 g/mol. The van der Waals surface area contributed by atoms with Crippen molar-refractivity contribution in [2.45, 2.75) is 24.0 Å². The molecule has 2 aliphatic heterocycles. The van der Waals surface area contributed by atoms with Crippen LogP contribution in [0.1, 0.15) is 21.8 Å². The molecule has 0 aliphatic carbocycles. The Morgan fingerprint density at radius 2 is 1.86 bits per heavy atom. The quantitative estimate of drug-likeness (QED) is 0.390. The summed E-state index contributed by atoms with van der Waals surface area (Å²) >= 11 is 3.40. The van der Waals surface area contributed by atoms with Gasteiger partial charge >= 0.3 is 0 Å². The summed E-state index contributed by atoms with van der Waals surface area (Å²) in [5.41, 5.74) is 1.20. The molecule has 0 aromatic heterocycles. The van der Waals surface area contributed by atoms with Gasteiger partial charge in [0, 0.05) is 21.2 Å². The van der Waals surface area contributed by atoms with Crippen molar-refractivity contribution in [2.75, 3.05) is 7.11 Å². The lowest BCUT2D eigenvalue weighted by molar-refractivity contribution is -0.525. The molecule has 8 heteroatoms. The van der Waals surface area contributed by atoms with Gasteiger partial charge < -0.3 is 4.74 Å². The van der Waals surface area contributed by atoms with E-state index in [1.165, 1.54) is 0 Å². The maximum absolute atomic E-state index is 13.5. The highest BCUT2D eigenvalue weighted by atomic mass is 79.9. The minimum absolute atomic E-state index is 0.206. The zero-order valence-electron chi connectivity index (χ0n) is 15.5. The Balaban J connectivity index is 1.81. The predicted octanol–water partition coefficient (Wildman–Crippen LogP) is 3.68. The Bertz CT molecular complexity index is 988. The zero-order chi connectivity index (χ0) is 20.5. The number of methoxy groups -OCH3 is 1. The van der Waals surface area contributed by atoms with Gasteiger partial charge in [0.1, 0.15) is 17.8 Å². The number of ether oxygens (including phenoxy) is 1. The van der Waals surface area contributed by atoms with Gasteiger partial charge in [0.2, 0.25) is 6.04 Å². The maximum Gasteiger partial charge on any atom is 0.247 e. The second-order valence-corrected chi connectivity index (χ2v) is 7.83. The largest absolute Gasteiger partial charge is 0.497 e. The fourth-order valence-corrected chi connectivity index (χ4v) is 4.33. The van der Waals surface area contributed by atoms with Gasteiger partial charge in [0.15, 0.2) is 5.78 Å². The highest BCUT2D eigenvalue weighted by Crippen LogP contribution is 2.42. The van der Waals surface area contributed by atoms with Crippen LogP contribution in [0.25, 0.3) is 0 Å². The van der Waals surface area contributed by atoms with Gasteiger partial charge in [0.05, 0.1) is 13.0 Å². The Morgan fingerprint density at radius 3 is 2.48 bits per heavy atom. The topological polar surface area (TPSA) is 85.0 Å². The van der Waals surface area contributed by atoms with Gasteiger partial charge in [-0.15, -0.1) is 0 Å². The minimum Gasteiger partial charge on any atom is -0.497 e. The molecule has 4 rings (SSSR count). The summed E-state index contributed by atoms with van der Waals surface area (Å²) in [6.45, 7) is 0. The monoisotopic (exact) mass is 455 g/mol. The first-order chi connectivity index (χ1) is 14.0. The molecule has 0 bridgehead atoms. The number of nitro groups is 1. The number of carbonyl (C=O) groups excluding carboxylic acids is 1. The summed E-state index contributed by atoms with van der Waals surface area (Å²) < 4.78 is 6.03. The molecule has 0 spiro atoms. The number of hydrogen-bond donors (Lipinski definition) is 0. The van der Waals surface area contributed by atoms with Crippen LogP contribution < -0.4 is 4.74 Å². The Labute approximate surface area is 175 Å². The van der Waals surface area contributed by atoms with Crippen molar-refractivity contribution in [1.29, 1.82) is 0 Å². The van der Waals surface area contributed by atoms with Crippen molar-refractivity contribution in [3.05, 3.63) is 86.4 Å². The average Bonchev–Trinajstić information content (AvgIpc) is 3.09. The van der Waals surface area contributed by atoms with Gasteiger partial charge in [-0.2, -0.15) is 5.10 Å². The summed E-state index contributed by atoms with van der Waals surface area (Å²) in [4.78, 5) is 25.3. The summed E-state index contributed by atoms with van der Waals surface area (Å²) in [7, 11) is 1.55. The van der Waals surface area contributed by atoms with Gasteiger partial charge in [-0.1, -0.05) is 34.1 Å². The fourth-order valence-electron chi connectivity index (χ4n) is 4.07. The lowest BCUT2D eigenvalue weighted by atomic mass is 9.84. The zero-order valence-corrected chi connectivity index (χ0v) is 17.1. The molecule has 29 heavy (non-hydrogen) atoms. The normalized spacial score (nSPS) is 25.0. The van der Waals surface area contributed by atoms with E-state index in [0.717, 1.165) is 10.0 Å². The van der Waals surface area contributed by atoms with Crippen molar-refractivity contribution in [1.82, 2.24) is 5.01 Å². The second-order valence-electron chi connectivity index (χ2n) is 6.91. The maximum atomic E-state index is 13.5. The lowest BCUT2D eigenvalue weighted by Crippen LogP contribution is -2.40. The van der Waals surface area contributed by atoms with Crippen LogP contribution in [0.4, 0.5) is 0 Å². The highest BCUT2D eigenvalue weighted by Gasteiger charge is 2.58. The number of allylic oxidation sites excluding steroid dienone is 1. The molecule has 0 radical (unpaired) electrons. The molecule has 0 unspecified atom stereocenters. The van der Waals surface area contributed by atoms with Gasteiger partial charge in [0.25, 0.3) is 0 Å². The SMILES string of the molecule is COc1ccc(C(=O)[C@@H]2[C@H](c3ccc(Br)cc3)[C@@H]([N+](=O)[O-])[C@H]3C=CC=NN32)cc1. The number of nitrogens with zero attached hydrogens (tertiary/aromatic N) is 3. The van der Waals surface area contributed by atoms with Crippen LogP contribution in [-0.2, 0) is 0 Å². The number of hydrogen-bond acceptors (Lipinski definition) is 6. The van der Waals surface area contributed by atoms with Crippen molar-refractivity contribution >= 4 is 27.9 Å². The standard InChI is InChI=1S/C21H18BrN3O4/c1-29-16-10-6-14(7-11-16)21(26)20-18(13-4-8-15(22)9-5-13)19(25(27)28)17-3-2-12-23-24(17)20/h2-12,17-20H,1H3/t17-,18-,19+,20+/m1/s1. The smallest absolute Gasteiger partial charge is 0.247 e. The van der Waals surface area contributed by atoms with Crippen LogP contribution in [0.2, 0.25) is 0 Å². The Hall–Kier alpha value is -3.00. The minimum atomic E-state index is -0.989. The molecule has 7 nitrogen and oxygen atoms in total. The van der Waals surface area contributed by atoms with Crippen LogP contribution in [0.5, 0.6) is 5.75 Å². The predicted molar refractivity (Wildman–Crippen MR) is 112 cm³/mol. The van der Waals surface area contributed by atoms with Crippen molar-refractivity contribution in [3.63, 3.8) is 0 Å². The van der Waals surface area contributed by atoms with Crippen molar-refractivity contribution in [2.24, 2.45) is 5.10 Å². The Morgan fingerprint density at radius 1 is 1.17 bits per heavy atom. The molecule has 0 N–H and O–H groups in total. The molecule has 0 saturated carbocycles. The number of fused-ring (bicyclic) bond motifs is 1.